The molecule has 0 bridgehead atoms. The molecule has 0 fully saturated rings. The highest BCUT2D eigenvalue weighted by molar-refractivity contribution is 9.16. The Bertz CT molecular complexity index is 1820. The van der Waals surface area contributed by atoms with Crippen molar-refractivity contribution < 1.29 is 23.8 Å². The predicted octanol–water partition coefficient (Wildman–Crippen LogP) is 17.6. The molecule has 0 spiro atoms. The van der Waals surface area contributed by atoms with Gasteiger partial charge in [0.15, 0.2) is 0 Å². The second-order valence-electron chi connectivity index (χ2n) is 8.46. The van der Waals surface area contributed by atoms with Gasteiger partial charge in [0.1, 0.15) is 17.2 Å². The Morgan fingerprint density at radius 3 is 1.08 bits per heavy atom. The maximum absolute atomic E-state index is 13.4. The van der Waals surface area contributed by atoms with Crippen LogP contribution in [-0.4, -0.2) is 18.5 Å². The minimum absolute atomic E-state index is 0.0369. The van der Waals surface area contributed by atoms with Crippen LogP contribution in [-0.2, 0) is 0 Å². The number of hydrogen-bond acceptors (Lipinski definition) is 5. The summed E-state index contributed by atoms with van der Waals surface area (Å²) in [6, 6.07) is 6.67. The molecule has 4 rings (SSSR count). The van der Waals surface area contributed by atoms with Gasteiger partial charge in [-0.3, -0.25) is 0 Å². The number of benzene rings is 4. The molecule has 0 amide bonds. The van der Waals surface area contributed by atoms with E-state index >= 15 is 0 Å². The van der Waals surface area contributed by atoms with E-state index < -0.39 is 11.9 Å². The summed E-state index contributed by atoms with van der Waals surface area (Å²) in [5.41, 5.74) is -0.0737. The molecule has 4 aromatic rings. The second-order valence-corrected chi connectivity index (χ2v) is 20.5. The number of hydrogen-bond donors (Lipinski definition) is 0. The summed E-state index contributed by atoms with van der Waals surface area (Å²) in [6.07, 6.45) is 0. The molecule has 0 heterocycles. The van der Waals surface area contributed by atoms with Crippen LogP contribution < -0.4 is 14.2 Å². The zero-order valence-corrected chi connectivity index (χ0v) is 46.5. The van der Waals surface area contributed by atoms with Crippen molar-refractivity contribution in [3.63, 3.8) is 0 Å². The molecule has 48 heavy (non-hydrogen) atoms. The van der Waals surface area contributed by atoms with Crippen LogP contribution in [0.1, 0.15) is 27.6 Å². The number of rotatable bonds is 6. The fraction of sp³-hybridized carbons (Fsp3) is 0.0714. The number of carbonyl (C=O) groups is 2. The molecular weight excluding hydrogens is 1610 g/mol. The van der Waals surface area contributed by atoms with Crippen LogP contribution in [0.5, 0.6) is 17.2 Å². The minimum Gasteiger partial charge on any atom is -0.491 e. The topological polar surface area (TPSA) is 61.8 Å². The molecule has 0 N–H and O–H groups in total. The van der Waals surface area contributed by atoms with E-state index in [1.54, 1.807) is 24.3 Å². The summed E-state index contributed by atoms with van der Waals surface area (Å²) in [5.74, 6) is -0.270. The van der Waals surface area contributed by atoms with Crippen molar-refractivity contribution in [2.75, 3.05) is 6.61 Å². The molecule has 20 heteroatoms. The van der Waals surface area contributed by atoms with Crippen LogP contribution >= 0.6 is 239 Å². The van der Waals surface area contributed by atoms with Gasteiger partial charge >= 0.3 is 11.9 Å². The van der Waals surface area contributed by atoms with E-state index in [4.69, 9.17) is 14.2 Å². The van der Waals surface area contributed by atoms with E-state index in [0.29, 0.717) is 42.4 Å². The number of halogens is 15. The van der Waals surface area contributed by atoms with Gasteiger partial charge in [-0.1, -0.05) is 0 Å². The van der Waals surface area contributed by atoms with E-state index in [9.17, 15) is 9.59 Å². The zero-order valence-electron chi connectivity index (χ0n) is 22.7. The molecule has 0 unspecified atom stereocenters. The van der Waals surface area contributed by atoms with Gasteiger partial charge in [-0.25, -0.2) is 9.59 Å². The van der Waals surface area contributed by atoms with Gasteiger partial charge in [-0.15, -0.1) is 0 Å². The summed E-state index contributed by atoms with van der Waals surface area (Å²) < 4.78 is 26.9. The molecule has 0 saturated heterocycles. The standard InChI is InChI=1S/C20H4Br10O4.C8H5Br5O/c21-5-1-3-7(13(25)11(5)23)33-19(31)9-10(16(28)18(30)17(29)15(9)27)20(32)34-8-4-2-6(22)12(24)14(8)26;1-2-14-8-6(12)4(10)3(9)5(11)7(8)13/h1-4H;2H2,1H3. The molecular formula is C28H9Br15O5. The van der Waals surface area contributed by atoms with E-state index in [1.165, 1.54) is 0 Å². The van der Waals surface area contributed by atoms with Crippen LogP contribution in [0.15, 0.2) is 91.4 Å². The highest BCUT2D eigenvalue weighted by Gasteiger charge is 2.31. The van der Waals surface area contributed by atoms with Crippen LogP contribution in [0.4, 0.5) is 0 Å². The first kappa shape index (κ1) is 45.2. The number of ether oxygens (including phenoxy) is 3. The maximum atomic E-state index is 13.4. The van der Waals surface area contributed by atoms with Gasteiger partial charge in [-0.05, 0) is 270 Å². The zero-order chi connectivity index (χ0) is 36.4. The lowest BCUT2D eigenvalue weighted by molar-refractivity contribution is 0.0688. The first-order chi connectivity index (χ1) is 22.4. The lowest BCUT2D eigenvalue weighted by Crippen LogP contribution is -2.20. The van der Waals surface area contributed by atoms with Crippen LogP contribution in [0, 0.1) is 0 Å². The Hall–Kier alpha value is 2.82. The molecule has 4 aromatic carbocycles. The van der Waals surface area contributed by atoms with E-state index in [0.717, 1.165) is 37.1 Å². The molecule has 5 nitrogen and oxygen atoms in total. The summed E-state index contributed by atoms with van der Waals surface area (Å²) in [5, 5.41) is 0. The number of esters is 2. The van der Waals surface area contributed by atoms with E-state index in [-0.39, 0.29) is 22.6 Å². The average Bonchev–Trinajstić information content (AvgIpc) is 3.06. The molecule has 0 aliphatic carbocycles. The maximum Gasteiger partial charge on any atom is 0.345 e. The Labute approximate surface area is 401 Å². The highest BCUT2D eigenvalue weighted by Crippen LogP contribution is 2.49. The number of carbonyl (C=O) groups excluding carboxylic acids is 2. The fourth-order valence-electron chi connectivity index (χ4n) is 3.35. The quantitative estimate of drug-likeness (QED) is 0.0833. The summed E-state index contributed by atoms with van der Waals surface area (Å²) in [7, 11) is 0. The third-order valence-corrected chi connectivity index (χ3v) is 23.0. The van der Waals surface area contributed by atoms with Crippen molar-refractivity contribution in [1.29, 1.82) is 0 Å². The fourth-order valence-corrected chi connectivity index (χ4v) is 11.7. The van der Waals surface area contributed by atoms with E-state index in [2.05, 4.69) is 239 Å². The largest absolute Gasteiger partial charge is 0.491 e. The Balaban J connectivity index is 0.000000373. The summed E-state index contributed by atoms with van der Waals surface area (Å²) in [6.45, 7) is 2.57. The molecule has 0 saturated carbocycles. The van der Waals surface area contributed by atoms with Crippen LogP contribution in [0.2, 0.25) is 0 Å². The first-order valence-electron chi connectivity index (χ1n) is 12.1. The third-order valence-electron chi connectivity index (χ3n) is 5.54. The second kappa shape index (κ2) is 20.1. The van der Waals surface area contributed by atoms with Gasteiger partial charge in [0.2, 0.25) is 0 Å². The molecule has 0 aliphatic heterocycles. The third kappa shape index (κ3) is 10.4. The van der Waals surface area contributed by atoms with Gasteiger partial charge in [0.05, 0.1) is 44.6 Å². The SMILES string of the molecule is CCOc1c(Br)c(Br)c(Br)c(Br)c1Br.O=C(Oc1ccc(Br)c(Br)c1Br)c1c(Br)c(Br)c(Br)c(Br)c1C(=O)Oc1ccc(Br)c(Br)c1Br. The van der Waals surface area contributed by atoms with Crippen LogP contribution in [0.25, 0.3) is 0 Å². The summed E-state index contributed by atoms with van der Waals surface area (Å²) >= 11 is 51.4. The first-order valence-corrected chi connectivity index (χ1v) is 24.0. The van der Waals surface area contributed by atoms with Crippen molar-refractivity contribution in [2.24, 2.45) is 0 Å². The summed E-state index contributed by atoms with van der Waals surface area (Å²) in [4.78, 5) is 26.7. The smallest absolute Gasteiger partial charge is 0.345 e. The molecule has 0 radical (unpaired) electrons. The Morgan fingerprint density at radius 1 is 0.438 bits per heavy atom. The lowest BCUT2D eigenvalue weighted by Gasteiger charge is -2.17. The molecule has 0 aliphatic rings. The van der Waals surface area contributed by atoms with Gasteiger partial charge < -0.3 is 14.2 Å². The van der Waals surface area contributed by atoms with Crippen molar-refractivity contribution in [3.05, 3.63) is 102 Å². The average molecular weight is 1620 g/mol. The van der Waals surface area contributed by atoms with Crippen molar-refractivity contribution in [3.8, 4) is 17.2 Å². The predicted molar refractivity (Wildman–Crippen MR) is 242 cm³/mol. The minimum atomic E-state index is -0.779. The van der Waals surface area contributed by atoms with Gasteiger partial charge in [0, 0.05) is 40.3 Å². The van der Waals surface area contributed by atoms with Crippen molar-refractivity contribution in [1.82, 2.24) is 0 Å². The highest BCUT2D eigenvalue weighted by atomic mass is 79.9. The van der Waals surface area contributed by atoms with Gasteiger partial charge in [0.25, 0.3) is 0 Å². The Kier molecular flexibility index (Phi) is 19.0. The van der Waals surface area contributed by atoms with Crippen molar-refractivity contribution in [2.45, 2.75) is 6.92 Å². The van der Waals surface area contributed by atoms with Crippen molar-refractivity contribution >= 4 is 251 Å². The molecule has 0 atom stereocenters. The van der Waals surface area contributed by atoms with Crippen LogP contribution in [0.3, 0.4) is 0 Å². The molecule has 256 valence electrons. The normalized spacial score (nSPS) is 10.8. The van der Waals surface area contributed by atoms with Gasteiger partial charge in [-0.2, -0.15) is 0 Å². The monoisotopic (exact) mass is 1610 g/mol. The Morgan fingerprint density at radius 2 is 0.750 bits per heavy atom. The lowest BCUT2D eigenvalue weighted by atomic mass is 10.1. The van der Waals surface area contributed by atoms with E-state index in [1.807, 2.05) is 6.92 Å². The molecule has 0 aromatic heterocycles.